The van der Waals surface area contributed by atoms with Crippen LogP contribution in [-0.4, -0.2) is 65.0 Å². The maximum absolute atomic E-state index is 12.9. The van der Waals surface area contributed by atoms with Crippen LogP contribution in [0.2, 0.25) is 0 Å². The average molecular weight is 539 g/mol. The van der Waals surface area contributed by atoms with Crippen molar-refractivity contribution in [1.29, 1.82) is 0 Å². The second-order valence-corrected chi connectivity index (χ2v) is 9.26. The lowest BCUT2D eigenvalue weighted by Crippen LogP contribution is -2.54. The summed E-state index contributed by atoms with van der Waals surface area (Å²) >= 11 is 0. The van der Waals surface area contributed by atoms with Crippen molar-refractivity contribution in [2.24, 2.45) is 5.92 Å². The molecular weight excluding hydrogens is 504 g/mol. The van der Waals surface area contributed by atoms with E-state index in [1.54, 1.807) is 42.5 Å². The number of carbonyl (C=O) groups excluding carboxylic acids is 4. The van der Waals surface area contributed by atoms with Crippen molar-refractivity contribution in [2.75, 3.05) is 13.1 Å². The van der Waals surface area contributed by atoms with E-state index >= 15 is 0 Å². The first-order valence-corrected chi connectivity index (χ1v) is 12.4. The molecule has 2 rings (SSSR count). The monoisotopic (exact) mass is 538 g/mol. The highest BCUT2D eigenvalue weighted by atomic mass is 16.4. The van der Waals surface area contributed by atoms with Gasteiger partial charge in [-0.3, -0.25) is 19.2 Å². The van der Waals surface area contributed by atoms with E-state index in [0.29, 0.717) is 5.56 Å². The SMILES string of the molecule is CC(C)C[C@H](NC(=O)[C@H](Cc1ccccc1)NC(=O)CNC(=O)CNC(=O)/C=C/c1ccc(O)cc1)C(=O)O. The quantitative estimate of drug-likeness (QED) is 0.194. The number of benzene rings is 2. The summed E-state index contributed by atoms with van der Waals surface area (Å²) in [6.45, 7) is 2.84. The number of nitrogens with one attached hydrogen (secondary N) is 4. The van der Waals surface area contributed by atoms with Crippen molar-refractivity contribution in [3.63, 3.8) is 0 Å². The van der Waals surface area contributed by atoms with Gasteiger partial charge in [0.2, 0.25) is 23.6 Å². The highest BCUT2D eigenvalue weighted by Gasteiger charge is 2.27. The molecule has 0 radical (unpaired) electrons. The lowest BCUT2D eigenvalue weighted by Gasteiger charge is -2.22. The van der Waals surface area contributed by atoms with Crippen molar-refractivity contribution < 1.29 is 34.2 Å². The van der Waals surface area contributed by atoms with Crippen LogP contribution in [0.5, 0.6) is 5.75 Å². The van der Waals surface area contributed by atoms with Crippen molar-refractivity contribution in [1.82, 2.24) is 21.3 Å². The van der Waals surface area contributed by atoms with E-state index in [2.05, 4.69) is 21.3 Å². The van der Waals surface area contributed by atoms with Crippen LogP contribution in [0.15, 0.2) is 60.7 Å². The highest BCUT2D eigenvalue weighted by Crippen LogP contribution is 2.10. The standard InChI is InChI=1S/C28H34N4O7/c1-18(2)14-23(28(38)39)32-27(37)22(15-20-6-4-3-5-7-20)31-26(36)17-30-25(35)16-29-24(34)13-10-19-8-11-21(33)12-9-19/h3-13,18,22-23,33H,14-17H2,1-2H3,(H,29,34)(H,30,35)(H,31,36)(H,32,37)(H,38,39)/b13-10+/t22-,23-/m0/s1. The summed E-state index contributed by atoms with van der Waals surface area (Å²) in [7, 11) is 0. The minimum Gasteiger partial charge on any atom is -0.508 e. The number of amides is 4. The summed E-state index contributed by atoms with van der Waals surface area (Å²) in [5, 5.41) is 28.5. The third kappa shape index (κ3) is 11.9. The molecule has 0 fully saturated rings. The number of phenols is 1. The summed E-state index contributed by atoms with van der Waals surface area (Å²) < 4.78 is 0. The van der Waals surface area contributed by atoms with E-state index in [1.165, 1.54) is 24.3 Å². The van der Waals surface area contributed by atoms with Crippen LogP contribution in [0.25, 0.3) is 6.08 Å². The summed E-state index contributed by atoms with van der Waals surface area (Å²) in [5.74, 6) is -3.52. The topological polar surface area (TPSA) is 174 Å². The Balaban J connectivity index is 1.89. The zero-order chi connectivity index (χ0) is 28.8. The molecular formula is C28H34N4O7. The number of aromatic hydroxyl groups is 1. The van der Waals surface area contributed by atoms with Gasteiger partial charge in [-0.25, -0.2) is 4.79 Å². The Morgan fingerprint density at radius 2 is 1.46 bits per heavy atom. The van der Waals surface area contributed by atoms with Crippen molar-refractivity contribution in [3.05, 3.63) is 71.8 Å². The van der Waals surface area contributed by atoms with Crippen molar-refractivity contribution in [2.45, 2.75) is 38.8 Å². The summed E-state index contributed by atoms with van der Waals surface area (Å²) in [6.07, 6.45) is 3.07. The van der Waals surface area contributed by atoms with E-state index in [0.717, 1.165) is 5.56 Å². The van der Waals surface area contributed by atoms with Gasteiger partial charge in [0.25, 0.3) is 0 Å². The molecule has 0 spiro atoms. The second kappa shape index (κ2) is 15.6. The van der Waals surface area contributed by atoms with E-state index in [9.17, 15) is 34.2 Å². The number of hydrogen-bond donors (Lipinski definition) is 6. The maximum atomic E-state index is 12.9. The number of hydrogen-bond acceptors (Lipinski definition) is 6. The third-order valence-corrected chi connectivity index (χ3v) is 5.45. The predicted octanol–water partition coefficient (Wildman–Crippen LogP) is 0.981. The lowest BCUT2D eigenvalue weighted by molar-refractivity contribution is -0.142. The fraction of sp³-hybridized carbons (Fsp3) is 0.321. The molecule has 0 aromatic heterocycles. The van der Waals surface area contributed by atoms with Crippen LogP contribution in [0.1, 0.15) is 31.4 Å². The number of carbonyl (C=O) groups is 5. The van der Waals surface area contributed by atoms with Gasteiger partial charge in [0, 0.05) is 12.5 Å². The predicted molar refractivity (Wildman–Crippen MR) is 144 cm³/mol. The average Bonchev–Trinajstić information content (AvgIpc) is 2.89. The Labute approximate surface area is 226 Å². The Kier molecular flexibility index (Phi) is 12.2. The molecule has 2 atom stereocenters. The van der Waals surface area contributed by atoms with Crippen LogP contribution < -0.4 is 21.3 Å². The normalized spacial score (nSPS) is 12.4. The molecule has 0 aliphatic carbocycles. The molecule has 2 aromatic rings. The van der Waals surface area contributed by atoms with E-state index in [4.69, 9.17) is 0 Å². The smallest absolute Gasteiger partial charge is 0.326 e. The first-order valence-electron chi connectivity index (χ1n) is 12.4. The number of carboxylic acids is 1. The molecule has 0 saturated heterocycles. The molecule has 0 saturated carbocycles. The molecule has 6 N–H and O–H groups in total. The van der Waals surface area contributed by atoms with Gasteiger partial charge in [0.15, 0.2) is 0 Å². The van der Waals surface area contributed by atoms with E-state index in [-0.39, 0.29) is 31.1 Å². The molecule has 39 heavy (non-hydrogen) atoms. The summed E-state index contributed by atoms with van der Waals surface area (Å²) in [6, 6.07) is 12.9. The van der Waals surface area contributed by atoms with Crippen LogP contribution >= 0.6 is 0 Å². The number of carboxylic acid groups (broad SMARTS) is 1. The molecule has 11 heteroatoms. The molecule has 0 unspecified atom stereocenters. The van der Waals surface area contributed by atoms with Crippen LogP contribution in [-0.2, 0) is 30.4 Å². The number of phenolic OH excluding ortho intramolecular Hbond substituents is 1. The van der Waals surface area contributed by atoms with Gasteiger partial charge in [-0.2, -0.15) is 0 Å². The van der Waals surface area contributed by atoms with Crippen LogP contribution in [0, 0.1) is 5.92 Å². The van der Waals surface area contributed by atoms with E-state index < -0.39 is 48.2 Å². The van der Waals surface area contributed by atoms with Crippen molar-refractivity contribution in [3.8, 4) is 5.75 Å². The Bertz CT molecular complexity index is 1160. The summed E-state index contributed by atoms with van der Waals surface area (Å²) in [5.41, 5.74) is 1.43. The summed E-state index contributed by atoms with van der Waals surface area (Å²) in [4.78, 5) is 61.1. The fourth-order valence-electron chi connectivity index (χ4n) is 3.49. The first-order chi connectivity index (χ1) is 18.5. The Morgan fingerprint density at radius 3 is 2.08 bits per heavy atom. The molecule has 2 aromatic carbocycles. The van der Waals surface area contributed by atoms with Crippen LogP contribution in [0.4, 0.5) is 0 Å². The maximum Gasteiger partial charge on any atom is 0.326 e. The van der Waals surface area contributed by atoms with Crippen molar-refractivity contribution >= 4 is 35.7 Å². The number of rotatable bonds is 14. The Morgan fingerprint density at radius 1 is 0.821 bits per heavy atom. The highest BCUT2D eigenvalue weighted by molar-refractivity contribution is 5.95. The van der Waals surface area contributed by atoms with Gasteiger partial charge >= 0.3 is 5.97 Å². The third-order valence-electron chi connectivity index (χ3n) is 5.45. The zero-order valence-corrected chi connectivity index (χ0v) is 21.8. The van der Waals surface area contributed by atoms with Gasteiger partial charge in [-0.05, 0) is 41.7 Å². The van der Waals surface area contributed by atoms with E-state index in [1.807, 2.05) is 13.8 Å². The van der Waals surface area contributed by atoms with Gasteiger partial charge in [0.1, 0.15) is 17.8 Å². The molecule has 208 valence electrons. The molecule has 0 bridgehead atoms. The molecule has 0 aliphatic rings. The Hall–Kier alpha value is -4.67. The number of aliphatic carboxylic acids is 1. The van der Waals surface area contributed by atoms with Gasteiger partial charge in [0.05, 0.1) is 13.1 Å². The minimum absolute atomic E-state index is 0.0209. The second-order valence-electron chi connectivity index (χ2n) is 9.26. The molecule has 11 nitrogen and oxygen atoms in total. The minimum atomic E-state index is -1.17. The van der Waals surface area contributed by atoms with Crippen LogP contribution in [0.3, 0.4) is 0 Å². The fourth-order valence-corrected chi connectivity index (χ4v) is 3.49. The molecule has 4 amide bonds. The lowest BCUT2D eigenvalue weighted by atomic mass is 10.0. The van der Waals surface area contributed by atoms with Gasteiger partial charge in [-0.1, -0.05) is 56.3 Å². The molecule has 0 heterocycles. The van der Waals surface area contributed by atoms with Gasteiger partial charge in [-0.15, -0.1) is 0 Å². The first kappa shape index (κ1) is 30.6. The zero-order valence-electron chi connectivity index (χ0n) is 21.8. The largest absolute Gasteiger partial charge is 0.508 e. The van der Waals surface area contributed by atoms with Gasteiger partial charge < -0.3 is 31.5 Å². The molecule has 0 aliphatic heterocycles.